The Morgan fingerprint density at radius 2 is 2.06 bits per heavy atom. The Balaban J connectivity index is 1.73. The molecule has 6 heteroatoms. The lowest BCUT2D eigenvalue weighted by Crippen LogP contribution is -2.34. The molecule has 2 amide bonds. The van der Waals surface area contributed by atoms with Gasteiger partial charge in [-0.05, 0) is 25.1 Å². The number of hydrogen-bond donors (Lipinski definition) is 1. The van der Waals surface area contributed by atoms with Gasteiger partial charge >= 0.3 is 0 Å². The van der Waals surface area contributed by atoms with Crippen molar-refractivity contribution in [3.63, 3.8) is 0 Å². The fraction of sp³-hybridized carbons (Fsp3) is 0.700. The number of thiocarbonyl (C=S) groups is 1. The van der Waals surface area contributed by atoms with Crippen LogP contribution in [-0.4, -0.2) is 52.9 Å². The van der Waals surface area contributed by atoms with Crippen molar-refractivity contribution in [3.05, 3.63) is 0 Å². The van der Waals surface area contributed by atoms with E-state index in [9.17, 15) is 9.59 Å². The number of carbonyl (C=O) groups excluding carboxylic acids is 2. The lowest BCUT2D eigenvalue weighted by Gasteiger charge is -2.18. The molecule has 88 valence electrons. The van der Waals surface area contributed by atoms with Crippen molar-refractivity contribution in [2.75, 3.05) is 26.2 Å². The van der Waals surface area contributed by atoms with Gasteiger partial charge in [0.25, 0.3) is 0 Å². The molecule has 2 aliphatic rings. The molecule has 0 aliphatic carbocycles. The number of rotatable bonds is 4. The molecule has 2 rings (SSSR count). The second-order valence-corrected chi connectivity index (χ2v) is 4.43. The zero-order valence-electron chi connectivity index (χ0n) is 9.07. The van der Waals surface area contributed by atoms with E-state index in [4.69, 9.17) is 12.2 Å². The maximum atomic E-state index is 11.4. The predicted octanol–water partition coefficient (Wildman–Crippen LogP) is -0.284. The number of hydrogen-bond acceptors (Lipinski definition) is 3. The maximum Gasteiger partial charge on any atom is 0.248 e. The van der Waals surface area contributed by atoms with Gasteiger partial charge in [0.05, 0.1) is 6.54 Å². The second-order valence-electron chi connectivity index (χ2n) is 4.04. The lowest BCUT2D eigenvalue weighted by molar-refractivity contribution is -0.127. The molecule has 0 spiro atoms. The standard InChI is InChI=1S/C10H15N3O2S/c14-8-3-1-4-12(8)5-2-6-13-9(15)7-11-10(13)16/h1-7H2,(H,11,16). The first-order valence-corrected chi connectivity index (χ1v) is 5.95. The first kappa shape index (κ1) is 11.3. The van der Waals surface area contributed by atoms with E-state index in [1.54, 1.807) is 4.90 Å². The van der Waals surface area contributed by atoms with Gasteiger partial charge in [0.15, 0.2) is 5.11 Å². The van der Waals surface area contributed by atoms with Gasteiger partial charge in [-0.25, -0.2) is 0 Å². The van der Waals surface area contributed by atoms with E-state index >= 15 is 0 Å². The van der Waals surface area contributed by atoms with Crippen LogP contribution in [-0.2, 0) is 9.59 Å². The number of carbonyl (C=O) groups is 2. The quantitative estimate of drug-likeness (QED) is 0.688. The third-order valence-electron chi connectivity index (χ3n) is 2.92. The molecule has 16 heavy (non-hydrogen) atoms. The summed E-state index contributed by atoms with van der Waals surface area (Å²) in [6.07, 6.45) is 2.42. The molecule has 2 heterocycles. The minimum Gasteiger partial charge on any atom is -0.353 e. The molecule has 0 saturated carbocycles. The van der Waals surface area contributed by atoms with E-state index in [1.807, 2.05) is 4.90 Å². The minimum atomic E-state index is 0.0257. The van der Waals surface area contributed by atoms with Crippen molar-refractivity contribution in [2.24, 2.45) is 0 Å². The highest BCUT2D eigenvalue weighted by molar-refractivity contribution is 7.80. The average Bonchev–Trinajstić information content (AvgIpc) is 2.79. The van der Waals surface area contributed by atoms with Crippen LogP contribution in [0.25, 0.3) is 0 Å². The summed E-state index contributed by atoms with van der Waals surface area (Å²) in [4.78, 5) is 26.1. The van der Waals surface area contributed by atoms with Gasteiger partial charge in [0.1, 0.15) is 0 Å². The van der Waals surface area contributed by atoms with E-state index in [-0.39, 0.29) is 11.8 Å². The predicted molar refractivity (Wildman–Crippen MR) is 62.7 cm³/mol. The zero-order chi connectivity index (χ0) is 11.5. The van der Waals surface area contributed by atoms with Gasteiger partial charge in [-0.2, -0.15) is 0 Å². The molecular formula is C10H15N3O2S. The molecule has 2 aliphatic heterocycles. The van der Waals surface area contributed by atoms with E-state index in [2.05, 4.69) is 5.32 Å². The summed E-state index contributed by atoms with van der Waals surface area (Å²) in [6, 6.07) is 0. The number of likely N-dealkylation sites (tertiary alicyclic amines) is 1. The maximum absolute atomic E-state index is 11.4. The lowest BCUT2D eigenvalue weighted by atomic mass is 10.3. The normalized spacial score (nSPS) is 20.9. The molecule has 0 aromatic rings. The highest BCUT2D eigenvalue weighted by Crippen LogP contribution is 2.10. The van der Waals surface area contributed by atoms with E-state index in [1.165, 1.54) is 0 Å². The van der Waals surface area contributed by atoms with E-state index in [0.717, 1.165) is 25.9 Å². The van der Waals surface area contributed by atoms with Crippen LogP contribution in [0.5, 0.6) is 0 Å². The summed E-state index contributed by atoms with van der Waals surface area (Å²) in [5.74, 6) is 0.256. The molecule has 0 aromatic heterocycles. The fourth-order valence-corrected chi connectivity index (χ4v) is 2.31. The molecule has 0 atom stereocenters. The molecule has 0 bridgehead atoms. The number of nitrogens with one attached hydrogen (secondary N) is 1. The summed E-state index contributed by atoms with van der Waals surface area (Å²) in [6.45, 7) is 2.50. The highest BCUT2D eigenvalue weighted by atomic mass is 32.1. The van der Waals surface area contributed by atoms with Gasteiger partial charge in [0.2, 0.25) is 11.8 Å². The van der Waals surface area contributed by atoms with Crippen molar-refractivity contribution < 1.29 is 9.59 Å². The number of nitrogens with zero attached hydrogens (tertiary/aromatic N) is 2. The van der Waals surface area contributed by atoms with Crippen LogP contribution in [0.3, 0.4) is 0 Å². The molecule has 2 saturated heterocycles. The van der Waals surface area contributed by atoms with Crippen LogP contribution < -0.4 is 5.32 Å². The molecule has 0 unspecified atom stereocenters. The minimum absolute atomic E-state index is 0.0257. The summed E-state index contributed by atoms with van der Waals surface area (Å²) < 4.78 is 0. The van der Waals surface area contributed by atoms with Crippen LogP contribution in [0, 0.1) is 0 Å². The first-order chi connectivity index (χ1) is 7.68. The smallest absolute Gasteiger partial charge is 0.248 e. The van der Waals surface area contributed by atoms with Gasteiger partial charge in [-0.15, -0.1) is 0 Å². The van der Waals surface area contributed by atoms with Crippen molar-refractivity contribution >= 4 is 29.1 Å². The third-order valence-corrected chi connectivity index (χ3v) is 3.28. The van der Waals surface area contributed by atoms with Crippen molar-refractivity contribution in [1.29, 1.82) is 0 Å². The van der Waals surface area contributed by atoms with Crippen LogP contribution >= 0.6 is 12.2 Å². The van der Waals surface area contributed by atoms with Crippen molar-refractivity contribution in [2.45, 2.75) is 19.3 Å². The average molecular weight is 241 g/mol. The summed E-state index contributed by atoms with van der Waals surface area (Å²) >= 11 is 5.00. The Morgan fingerprint density at radius 1 is 1.25 bits per heavy atom. The Bertz CT molecular complexity index is 316. The van der Waals surface area contributed by atoms with Crippen molar-refractivity contribution in [1.82, 2.24) is 15.1 Å². The van der Waals surface area contributed by atoms with Gasteiger partial charge in [-0.1, -0.05) is 0 Å². The molecule has 5 nitrogen and oxygen atoms in total. The SMILES string of the molecule is O=C1CCCN1CCCN1C(=O)CNC1=S. The van der Waals surface area contributed by atoms with Crippen LogP contribution in [0.1, 0.15) is 19.3 Å². The number of amides is 2. The van der Waals surface area contributed by atoms with E-state index < -0.39 is 0 Å². The molecule has 2 fully saturated rings. The Hall–Kier alpha value is -1.17. The summed E-state index contributed by atoms with van der Waals surface area (Å²) in [5.41, 5.74) is 0. The third kappa shape index (κ3) is 2.32. The van der Waals surface area contributed by atoms with Crippen LogP contribution in [0.15, 0.2) is 0 Å². The Morgan fingerprint density at radius 3 is 2.62 bits per heavy atom. The largest absolute Gasteiger partial charge is 0.353 e. The monoisotopic (exact) mass is 241 g/mol. The van der Waals surface area contributed by atoms with E-state index in [0.29, 0.717) is 24.6 Å². The van der Waals surface area contributed by atoms with Crippen LogP contribution in [0.2, 0.25) is 0 Å². The first-order valence-electron chi connectivity index (χ1n) is 5.54. The van der Waals surface area contributed by atoms with Crippen molar-refractivity contribution in [3.8, 4) is 0 Å². The highest BCUT2D eigenvalue weighted by Gasteiger charge is 2.25. The molecule has 1 N–H and O–H groups in total. The summed E-state index contributed by atoms with van der Waals surface area (Å²) in [5, 5.41) is 3.35. The Kier molecular flexibility index (Phi) is 3.38. The molecule has 0 radical (unpaired) electrons. The summed E-state index contributed by atoms with van der Waals surface area (Å²) in [7, 11) is 0. The van der Waals surface area contributed by atoms with Crippen LogP contribution in [0.4, 0.5) is 0 Å². The van der Waals surface area contributed by atoms with Gasteiger partial charge in [0, 0.05) is 26.1 Å². The Labute approximate surface area is 99.8 Å². The van der Waals surface area contributed by atoms with Gasteiger partial charge in [-0.3, -0.25) is 14.5 Å². The zero-order valence-corrected chi connectivity index (χ0v) is 9.89. The second kappa shape index (κ2) is 4.78. The topological polar surface area (TPSA) is 52.7 Å². The molecular weight excluding hydrogens is 226 g/mol. The molecule has 0 aromatic carbocycles. The van der Waals surface area contributed by atoms with Gasteiger partial charge < -0.3 is 10.2 Å². The fourth-order valence-electron chi connectivity index (χ4n) is 2.04.